The van der Waals surface area contributed by atoms with Gasteiger partial charge >= 0.3 is 12.1 Å². The first-order valence-corrected chi connectivity index (χ1v) is 9.90. The van der Waals surface area contributed by atoms with Crippen molar-refractivity contribution in [3.8, 4) is 17.2 Å². The molecular weight excluding hydrogens is 392 g/mol. The lowest BCUT2D eigenvalue weighted by molar-refractivity contribution is -0.139. The highest BCUT2D eigenvalue weighted by molar-refractivity contribution is 5.81. The van der Waals surface area contributed by atoms with Crippen molar-refractivity contribution in [1.29, 1.82) is 5.26 Å². The first-order valence-electron chi connectivity index (χ1n) is 9.90. The zero-order valence-corrected chi connectivity index (χ0v) is 16.6. The predicted molar refractivity (Wildman–Crippen MR) is 114 cm³/mol. The third kappa shape index (κ3) is 4.26. The van der Waals surface area contributed by atoms with Gasteiger partial charge in [-0.15, -0.1) is 0 Å². The van der Waals surface area contributed by atoms with E-state index in [-0.39, 0.29) is 18.9 Å². The molecule has 154 valence electrons. The van der Waals surface area contributed by atoms with E-state index in [1.807, 2.05) is 54.6 Å². The standard InChI is InChI=1S/C25H20N2O4/c26-14-17-11-9-16(10-12-17)13-23(24(28)29)27-25(30)31-15-22-20-7-3-1-5-18(20)19-6-2-4-8-21(19)22/h1-12,22-23H,13,15H2,(H,27,30)(H,28,29)/t23-/m1/s1. The topological polar surface area (TPSA) is 99.4 Å². The average molecular weight is 412 g/mol. The first kappa shape index (κ1) is 20.2. The van der Waals surface area contributed by atoms with Crippen molar-refractivity contribution in [3.63, 3.8) is 0 Å². The Morgan fingerprint density at radius 3 is 2.10 bits per heavy atom. The number of ether oxygens (including phenoxy) is 1. The molecule has 0 spiro atoms. The van der Waals surface area contributed by atoms with E-state index in [4.69, 9.17) is 10.00 Å². The molecule has 1 aliphatic carbocycles. The summed E-state index contributed by atoms with van der Waals surface area (Å²) in [4.78, 5) is 24.0. The molecule has 31 heavy (non-hydrogen) atoms. The van der Waals surface area contributed by atoms with E-state index in [2.05, 4.69) is 5.32 Å². The minimum Gasteiger partial charge on any atom is -0.480 e. The molecule has 1 amide bonds. The van der Waals surface area contributed by atoms with Crippen molar-refractivity contribution < 1.29 is 19.4 Å². The number of fused-ring (bicyclic) bond motifs is 3. The smallest absolute Gasteiger partial charge is 0.407 e. The number of nitriles is 1. The number of hydrogen-bond donors (Lipinski definition) is 2. The highest BCUT2D eigenvalue weighted by Gasteiger charge is 2.29. The summed E-state index contributed by atoms with van der Waals surface area (Å²) in [6.07, 6.45) is -0.687. The van der Waals surface area contributed by atoms with Crippen LogP contribution >= 0.6 is 0 Å². The Hall–Kier alpha value is -4.11. The van der Waals surface area contributed by atoms with E-state index in [0.29, 0.717) is 11.1 Å². The maximum absolute atomic E-state index is 12.4. The number of alkyl carbamates (subject to hydrolysis) is 1. The summed E-state index contributed by atoms with van der Waals surface area (Å²) in [5.41, 5.74) is 5.60. The van der Waals surface area contributed by atoms with Crippen LogP contribution in [0.2, 0.25) is 0 Å². The predicted octanol–water partition coefficient (Wildman–Crippen LogP) is 4.09. The Kier molecular flexibility index (Phi) is 5.67. The molecule has 1 aliphatic rings. The van der Waals surface area contributed by atoms with E-state index < -0.39 is 18.1 Å². The van der Waals surface area contributed by atoms with E-state index in [1.54, 1.807) is 24.3 Å². The van der Waals surface area contributed by atoms with Crippen molar-refractivity contribution in [2.75, 3.05) is 6.61 Å². The quantitative estimate of drug-likeness (QED) is 0.635. The van der Waals surface area contributed by atoms with Gasteiger partial charge in [0, 0.05) is 12.3 Å². The normalized spacial score (nSPS) is 12.9. The van der Waals surface area contributed by atoms with E-state index in [9.17, 15) is 14.7 Å². The van der Waals surface area contributed by atoms with Crippen molar-refractivity contribution >= 4 is 12.1 Å². The number of aliphatic carboxylic acids is 1. The van der Waals surface area contributed by atoms with Crippen LogP contribution in [-0.4, -0.2) is 29.8 Å². The molecule has 0 bridgehead atoms. The molecule has 0 aromatic heterocycles. The van der Waals surface area contributed by atoms with Crippen molar-refractivity contribution in [2.45, 2.75) is 18.4 Å². The number of hydrogen-bond acceptors (Lipinski definition) is 4. The minimum absolute atomic E-state index is 0.0885. The number of amides is 1. The average Bonchev–Trinajstić information content (AvgIpc) is 3.11. The fourth-order valence-corrected chi connectivity index (χ4v) is 3.93. The number of carboxylic acids is 1. The molecule has 6 nitrogen and oxygen atoms in total. The van der Waals surface area contributed by atoms with Crippen LogP contribution in [-0.2, 0) is 16.0 Å². The molecular formula is C25H20N2O4. The lowest BCUT2D eigenvalue weighted by Gasteiger charge is -2.17. The van der Waals surface area contributed by atoms with Crippen LogP contribution in [0.1, 0.15) is 28.2 Å². The van der Waals surface area contributed by atoms with Crippen LogP contribution in [0.15, 0.2) is 72.8 Å². The largest absolute Gasteiger partial charge is 0.480 e. The lowest BCUT2D eigenvalue weighted by Crippen LogP contribution is -2.42. The number of carbonyl (C=O) groups excluding carboxylic acids is 1. The Labute approximate surface area is 179 Å². The molecule has 0 unspecified atom stereocenters. The molecule has 0 fully saturated rings. The molecule has 1 atom stereocenters. The Balaban J connectivity index is 1.42. The number of carboxylic acid groups (broad SMARTS) is 1. The molecule has 6 heteroatoms. The van der Waals surface area contributed by atoms with Gasteiger partial charge in [0.05, 0.1) is 11.6 Å². The highest BCUT2D eigenvalue weighted by atomic mass is 16.5. The van der Waals surface area contributed by atoms with Gasteiger partial charge in [-0.1, -0.05) is 60.7 Å². The molecule has 2 N–H and O–H groups in total. The summed E-state index contributed by atoms with van der Waals surface area (Å²) in [6.45, 7) is 0.114. The zero-order valence-electron chi connectivity index (χ0n) is 16.6. The van der Waals surface area contributed by atoms with Gasteiger partial charge < -0.3 is 15.2 Å². The van der Waals surface area contributed by atoms with E-state index in [0.717, 1.165) is 22.3 Å². The fourth-order valence-electron chi connectivity index (χ4n) is 3.93. The monoisotopic (exact) mass is 412 g/mol. The number of benzene rings is 3. The Morgan fingerprint density at radius 1 is 0.968 bits per heavy atom. The Morgan fingerprint density at radius 2 is 1.55 bits per heavy atom. The van der Waals surface area contributed by atoms with Crippen molar-refractivity contribution in [3.05, 3.63) is 95.1 Å². The third-order valence-corrected chi connectivity index (χ3v) is 5.46. The SMILES string of the molecule is N#Cc1ccc(C[C@@H](NC(=O)OCC2c3ccccc3-c3ccccc32)C(=O)O)cc1. The molecule has 0 saturated carbocycles. The maximum Gasteiger partial charge on any atom is 0.407 e. The summed E-state index contributed by atoms with van der Waals surface area (Å²) < 4.78 is 5.44. The molecule has 0 radical (unpaired) electrons. The summed E-state index contributed by atoms with van der Waals surface area (Å²) >= 11 is 0. The molecule has 3 aromatic rings. The van der Waals surface area contributed by atoms with Gasteiger partial charge in [-0.05, 0) is 39.9 Å². The third-order valence-electron chi connectivity index (χ3n) is 5.46. The second-order valence-corrected chi connectivity index (χ2v) is 7.37. The molecule has 0 saturated heterocycles. The number of carbonyl (C=O) groups is 2. The van der Waals surface area contributed by atoms with Gasteiger partial charge in [-0.3, -0.25) is 0 Å². The lowest BCUT2D eigenvalue weighted by atomic mass is 9.98. The molecule has 0 heterocycles. The number of rotatable bonds is 6. The number of nitrogens with one attached hydrogen (secondary N) is 1. The summed E-state index contributed by atoms with van der Waals surface area (Å²) in [7, 11) is 0. The maximum atomic E-state index is 12.4. The van der Waals surface area contributed by atoms with Gasteiger partial charge in [0.1, 0.15) is 12.6 Å². The van der Waals surface area contributed by atoms with Gasteiger partial charge in [0.15, 0.2) is 0 Å². The zero-order chi connectivity index (χ0) is 21.8. The van der Waals surface area contributed by atoms with Crippen LogP contribution in [0.3, 0.4) is 0 Å². The molecule has 3 aromatic carbocycles. The number of nitrogens with zero attached hydrogens (tertiary/aromatic N) is 1. The van der Waals surface area contributed by atoms with Crippen molar-refractivity contribution in [2.24, 2.45) is 0 Å². The van der Waals surface area contributed by atoms with Gasteiger partial charge in [-0.25, -0.2) is 9.59 Å². The van der Waals surface area contributed by atoms with Gasteiger partial charge in [0.25, 0.3) is 0 Å². The minimum atomic E-state index is -1.15. The second kappa shape index (κ2) is 8.72. The molecule has 4 rings (SSSR count). The van der Waals surface area contributed by atoms with Crippen LogP contribution in [0.25, 0.3) is 11.1 Å². The summed E-state index contributed by atoms with van der Waals surface area (Å²) in [5, 5.41) is 20.8. The van der Waals surface area contributed by atoms with Crippen LogP contribution in [0.4, 0.5) is 4.79 Å². The summed E-state index contributed by atoms with van der Waals surface area (Å²) in [5.74, 6) is -1.25. The van der Waals surface area contributed by atoms with Gasteiger partial charge in [0.2, 0.25) is 0 Å². The Bertz CT molecular complexity index is 1120. The van der Waals surface area contributed by atoms with Crippen molar-refractivity contribution in [1.82, 2.24) is 5.32 Å². The second-order valence-electron chi connectivity index (χ2n) is 7.37. The van der Waals surface area contributed by atoms with Gasteiger partial charge in [-0.2, -0.15) is 5.26 Å². The highest BCUT2D eigenvalue weighted by Crippen LogP contribution is 2.44. The summed E-state index contributed by atoms with van der Waals surface area (Å²) in [6, 6.07) is 23.5. The van der Waals surface area contributed by atoms with E-state index >= 15 is 0 Å². The van der Waals surface area contributed by atoms with E-state index in [1.165, 1.54) is 0 Å². The first-order chi connectivity index (χ1) is 15.1. The fraction of sp³-hybridized carbons (Fsp3) is 0.160. The van der Waals surface area contributed by atoms with Crippen LogP contribution in [0, 0.1) is 11.3 Å². The van der Waals surface area contributed by atoms with Crippen LogP contribution < -0.4 is 5.32 Å². The van der Waals surface area contributed by atoms with Crippen LogP contribution in [0.5, 0.6) is 0 Å². The molecule has 0 aliphatic heterocycles.